The van der Waals surface area contributed by atoms with Gasteiger partial charge in [-0.25, -0.2) is 0 Å². The number of pyridine rings is 1. The molecule has 1 aliphatic heterocycles. The van der Waals surface area contributed by atoms with E-state index in [9.17, 15) is 13.2 Å². The van der Waals surface area contributed by atoms with Crippen LogP contribution < -0.4 is 11.3 Å². The molecule has 3 N–H and O–H groups in total. The number of rotatable bonds is 4. The van der Waals surface area contributed by atoms with Gasteiger partial charge >= 0.3 is 6.18 Å². The molecule has 0 saturated carbocycles. The quantitative estimate of drug-likeness (QED) is 0.663. The van der Waals surface area contributed by atoms with Crippen LogP contribution in [0.15, 0.2) is 18.5 Å². The van der Waals surface area contributed by atoms with Gasteiger partial charge in [0.1, 0.15) is 0 Å². The first-order chi connectivity index (χ1) is 9.52. The number of nitrogens with zero attached hydrogens (tertiary/aromatic N) is 1. The van der Waals surface area contributed by atoms with Crippen LogP contribution in [-0.4, -0.2) is 16.5 Å². The predicted octanol–water partition coefficient (Wildman–Crippen LogP) is 3.14. The molecular weight excluding hydrogens is 287 g/mol. The molecule has 1 unspecified atom stereocenters. The Balaban J connectivity index is 2.18. The standard InChI is InChI=1S/C13H18F3N3S/c14-13(15,16)11-1-4-18-8-10(11)12(19-17)7-9-2-5-20-6-3-9/h1,4,8-9,12,19H,2-3,5-7,17H2. The van der Waals surface area contributed by atoms with E-state index in [1.165, 1.54) is 6.20 Å². The summed E-state index contributed by atoms with van der Waals surface area (Å²) in [5, 5.41) is 0. The molecule has 1 aromatic rings. The molecule has 0 radical (unpaired) electrons. The fourth-order valence-electron chi connectivity index (χ4n) is 2.54. The fourth-order valence-corrected chi connectivity index (χ4v) is 3.75. The van der Waals surface area contributed by atoms with Crippen molar-refractivity contribution in [2.75, 3.05) is 11.5 Å². The summed E-state index contributed by atoms with van der Waals surface area (Å²) in [6, 6.07) is 0.504. The predicted molar refractivity (Wildman–Crippen MR) is 74.0 cm³/mol. The van der Waals surface area contributed by atoms with Crippen LogP contribution in [0.2, 0.25) is 0 Å². The Hall–Kier alpha value is -0.790. The smallest absolute Gasteiger partial charge is 0.271 e. The van der Waals surface area contributed by atoms with Gasteiger partial charge in [-0.2, -0.15) is 24.9 Å². The third-order valence-electron chi connectivity index (χ3n) is 3.64. The molecule has 3 nitrogen and oxygen atoms in total. The number of halogens is 3. The first kappa shape index (κ1) is 15.6. The van der Waals surface area contributed by atoms with Crippen molar-refractivity contribution < 1.29 is 13.2 Å². The van der Waals surface area contributed by atoms with Crippen LogP contribution in [0.4, 0.5) is 13.2 Å². The third-order valence-corrected chi connectivity index (χ3v) is 4.69. The Morgan fingerprint density at radius 2 is 2.10 bits per heavy atom. The van der Waals surface area contributed by atoms with Crippen LogP contribution in [0.1, 0.15) is 36.4 Å². The normalized spacial score (nSPS) is 19.0. The van der Waals surface area contributed by atoms with Crippen molar-refractivity contribution in [1.29, 1.82) is 0 Å². The van der Waals surface area contributed by atoms with Crippen molar-refractivity contribution in [3.63, 3.8) is 0 Å². The van der Waals surface area contributed by atoms with Crippen LogP contribution in [0.25, 0.3) is 0 Å². The van der Waals surface area contributed by atoms with Gasteiger partial charge in [-0.3, -0.25) is 16.3 Å². The van der Waals surface area contributed by atoms with E-state index in [0.29, 0.717) is 12.3 Å². The zero-order valence-electron chi connectivity index (χ0n) is 11.0. The number of hydrogen-bond donors (Lipinski definition) is 2. The first-order valence-corrected chi connectivity index (χ1v) is 7.73. The minimum Gasteiger partial charge on any atom is -0.271 e. The molecule has 2 rings (SSSR count). The largest absolute Gasteiger partial charge is 0.416 e. The van der Waals surface area contributed by atoms with Crippen LogP contribution in [0.3, 0.4) is 0 Å². The van der Waals surface area contributed by atoms with Gasteiger partial charge in [-0.1, -0.05) is 0 Å². The molecule has 0 bridgehead atoms. The molecule has 1 aliphatic rings. The minimum atomic E-state index is -4.38. The average Bonchev–Trinajstić information content (AvgIpc) is 2.45. The molecule has 0 aliphatic carbocycles. The molecule has 1 fully saturated rings. The summed E-state index contributed by atoms with van der Waals surface area (Å²) in [5.74, 6) is 8.04. The average molecular weight is 305 g/mol. The van der Waals surface area contributed by atoms with Gasteiger partial charge in [0.25, 0.3) is 0 Å². The SMILES string of the molecule is NNC(CC1CCSCC1)c1cnccc1C(F)(F)F. The molecule has 1 saturated heterocycles. The maximum Gasteiger partial charge on any atom is 0.416 e. The van der Waals surface area contributed by atoms with E-state index < -0.39 is 17.8 Å². The van der Waals surface area contributed by atoms with Crippen molar-refractivity contribution in [3.8, 4) is 0 Å². The van der Waals surface area contributed by atoms with Gasteiger partial charge in [0, 0.05) is 24.0 Å². The molecule has 2 heterocycles. The van der Waals surface area contributed by atoms with E-state index in [1.54, 1.807) is 0 Å². The van der Waals surface area contributed by atoms with Crippen molar-refractivity contribution in [2.45, 2.75) is 31.5 Å². The lowest BCUT2D eigenvalue weighted by atomic mass is 9.90. The van der Waals surface area contributed by atoms with Gasteiger partial charge in [-0.05, 0) is 42.8 Å². The van der Waals surface area contributed by atoms with E-state index in [-0.39, 0.29) is 5.56 Å². The van der Waals surface area contributed by atoms with E-state index in [2.05, 4.69) is 10.4 Å². The van der Waals surface area contributed by atoms with E-state index in [1.807, 2.05) is 11.8 Å². The Morgan fingerprint density at radius 1 is 1.40 bits per heavy atom. The summed E-state index contributed by atoms with van der Waals surface area (Å²) in [5.41, 5.74) is 2.02. The van der Waals surface area contributed by atoms with Crippen LogP contribution >= 0.6 is 11.8 Å². The topological polar surface area (TPSA) is 50.9 Å². The second-order valence-corrected chi connectivity index (χ2v) is 6.20. The van der Waals surface area contributed by atoms with Gasteiger partial charge < -0.3 is 0 Å². The maximum absolute atomic E-state index is 13.0. The third kappa shape index (κ3) is 3.86. The Kier molecular flexibility index (Phi) is 5.29. The van der Waals surface area contributed by atoms with Gasteiger partial charge in [0.05, 0.1) is 5.56 Å². The van der Waals surface area contributed by atoms with Gasteiger partial charge in [0.15, 0.2) is 0 Å². The van der Waals surface area contributed by atoms with Crippen molar-refractivity contribution >= 4 is 11.8 Å². The van der Waals surface area contributed by atoms with E-state index in [0.717, 1.165) is 36.6 Å². The van der Waals surface area contributed by atoms with Gasteiger partial charge in [0.2, 0.25) is 0 Å². The summed E-state index contributed by atoms with van der Waals surface area (Å²) < 4.78 is 39.1. The van der Waals surface area contributed by atoms with Crippen LogP contribution in [-0.2, 0) is 6.18 Å². The minimum absolute atomic E-state index is 0.140. The highest BCUT2D eigenvalue weighted by Gasteiger charge is 2.35. The molecule has 0 aromatic carbocycles. The van der Waals surface area contributed by atoms with Crippen molar-refractivity contribution in [2.24, 2.45) is 11.8 Å². The molecule has 0 amide bonds. The zero-order chi connectivity index (χ0) is 14.6. The summed E-state index contributed by atoms with van der Waals surface area (Å²) >= 11 is 1.89. The summed E-state index contributed by atoms with van der Waals surface area (Å²) in [4.78, 5) is 3.82. The van der Waals surface area contributed by atoms with Crippen molar-refractivity contribution in [1.82, 2.24) is 10.4 Å². The number of hydrogen-bond acceptors (Lipinski definition) is 4. The maximum atomic E-state index is 13.0. The van der Waals surface area contributed by atoms with Crippen molar-refractivity contribution in [3.05, 3.63) is 29.6 Å². The fraction of sp³-hybridized carbons (Fsp3) is 0.615. The number of nitrogens with one attached hydrogen (secondary N) is 1. The second-order valence-electron chi connectivity index (χ2n) is 4.97. The molecule has 1 aromatic heterocycles. The molecule has 0 spiro atoms. The lowest BCUT2D eigenvalue weighted by Crippen LogP contribution is -2.32. The summed E-state index contributed by atoms with van der Waals surface area (Å²) in [7, 11) is 0. The zero-order valence-corrected chi connectivity index (χ0v) is 11.8. The Morgan fingerprint density at radius 3 is 2.70 bits per heavy atom. The Labute approximate surface area is 120 Å². The van der Waals surface area contributed by atoms with E-state index in [4.69, 9.17) is 5.84 Å². The van der Waals surface area contributed by atoms with Gasteiger partial charge in [-0.15, -0.1) is 0 Å². The summed E-state index contributed by atoms with van der Waals surface area (Å²) in [6.07, 6.45) is 0.735. The lowest BCUT2D eigenvalue weighted by Gasteiger charge is -2.27. The lowest BCUT2D eigenvalue weighted by molar-refractivity contribution is -0.138. The number of alkyl halides is 3. The van der Waals surface area contributed by atoms with Crippen LogP contribution in [0, 0.1) is 5.92 Å². The number of hydrazine groups is 1. The molecule has 112 valence electrons. The number of aromatic nitrogens is 1. The molecule has 20 heavy (non-hydrogen) atoms. The summed E-state index contributed by atoms with van der Waals surface area (Å²) in [6.45, 7) is 0. The highest BCUT2D eigenvalue weighted by Crippen LogP contribution is 2.37. The molecular formula is C13H18F3N3S. The number of nitrogens with two attached hydrogens (primary N) is 1. The van der Waals surface area contributed by atoms with Crippen LogP contribution in [0.5, 0.6) is 0 Å². The molecule has 7 heteroatoms. The highest BCUT2D eigenvalue weighted by molar-refractivity contribution is 7.99. The first-order valence-electron chi connectivity index (χ1n) is 6.57. The monoisotopic (exact) mass is 305 g/mol. The van der Waals surface area contributed by atoms with E-state index >= 15 is 0 Å². The highest BCUT2D eigenvalue weighted by atomic mass is 32.2. The number of thioether (sulfide) groups is 1. The Bertz CT molecular complexity index is 433. The molecule has 1 atom stereocenters. The second kappa shape index (κ2) is 6.78.